The second-order valence-corrected chi connectivity index (χ2v) is 5.88. The highest BCUT2D eigenvalue weighted by molar-refractivity contribution is 6.18. The molecule has 0 aliphatic carbocycles. The van der Waals surface area contributed by atoms with Crippen LogP contribution in [0.15, 0.2) is 85.2 Å². The van der Waals surface area contributed by atoms with Crippen LogP contribution in [0.5, 0.6) is 0 Å². The van der Waals surface area contributed by atoms with Crippen molar-refractivity contribution in [2.75, 3.05) is 0 Å². The zero-order valence-electron chi connectivity index (χ0n) is 14.8. The summed E-state index contributed by atoms with van der Waals surface area (Å²) in [7, 11) is 0. The summed E-state index contributed by atoms with van der Waals surface area (Å²) in [5.74, 6) is 0.0239. The van der Waals surface area contributed by atoms with E-state index in [0.29, 0.717) is 5.71 Å². The summed E-state index contributed by atoms with van der Waals surface area (Å²) in [6, 6.07) is 23.8. The van der Waals surface area contributed by atoms with Crippen LogP contribution in [0.25, 0.3) is 16.7 Å². The minimum absolute atomic E-state index is 0.525. The highest BCUT2D eigenvalue weighted by atomic mass is 16.4. The molecule has 0 aliphatic rings. The number of nitrogens with one attached hydrogen (secondary N) is 1. The van der Waals surface area contributed by atoms with Crippen LogP contribution < -0.4 is 0 Å². The van der Waals surface area contributed by atoms with Crippen LogP contribution in [0.4, 0.5) is 0 Å². The molecule has 4 rings (SSSR count). The number of rotatable bonds is 3. The lowest BCUT2D eigenvalue weighted by Gasteiger charge is -2.03. The Hall–Kier alpha value is -3.73. The van der Waals surface area contributed by atoms with Crippen molar-refractivity contribution in [3.8, 4) is 5.82 Å². The first-order valence-corrected chi connectivity index (χ1v) is 8.43. The standard InChI is InChI=1S/C20H15N3.C2H4O2/c21-20(15-8-2-1-3-9-15)17-14-23(19-12-6-7-13-22-19)18-11-5-4-10-16(17)18;1-2(3)4/h1-14,21H;1H3,(H,3,4). The van der Waals surface area contributed by atoms with E-state index in [-0.39, 0.29) is 0 Å². The minimum Gasteiger partial charge on any atom is -0.481 e. The summed E-state index contributed by atoms with van der Waals surface area (Å²) in [4.78, 5) is 13.4. The van der Waals surface area contributed by atoms with E-state index in [1.54, 1.807) is 6.20 Å². The molecule has 0 amide bonds. The van der Waals surface area contributed by atoms with E-state index in [1.165, 1.54) is 0 Å². The Morgan fingerprint density at radius 2 is 1.59 bits per heavy atom. The van der Waals surface area contributed by atoms with Gasteiger partial charge in [-0.05, 0) is 18.2 Å². The van der Waals surface area contributed by atoms with Crippen molar-refractivity contribution >= 4 is 22.6 Å². The third-order valence-corrected chi connectivity index (χ3v) is 3.94. The lowest BCUT2D eigenvalue weighted by molar-refractivity contribution is -0.134. The first kappa shape index (κ1) is 18.1. The van der Waals surface area contributed by atoms with E-state index in [4.69, 9.17) is 15.3 Å². The lowest BCUT2D eigenvalue weighted by atomic mass is 10.0. The molecule has 2 N–H and O–H groups in total. The molecular weight excluding hydrogens is 338 g/mol. The number of hydrogen-bond acceptors (Lipinski definition) is 3. The average Bonchev–Trinajstić information content (AvgIpc) is 3.08. The number of aromatic nitrogens is 2. The normalized spacial score (nSPS) is 10.1. The zero-order valence-corrected chi connectivity index (χ0v) is 14.8. The molecule has 27 heavy (non-hydrogen) atoms. The number of nitrogens with zero attached hydrogens (tertiary/aromatic N) is 2. The molecule has 5 heteroatoms. The quantitative estimate of drug-likeness (QED) is 0.529. The van der Waals surface area contributed by atoms with Gasteiger partial charge >= 0.3 is 0 Å². The van der Waals surface area contributed by atoms with E-state index < -0.39 is 5.97 Å². The summed E-state index contributed by atoms with van der Waals surface area (Å²) in [5.41, 5.74) is 3.41. The molecular formula is C22H19N3O2. The number of para-hydroxylation sites is 1. The molecule has 0 saturated heterocycles. The van der Waals surface area contributed by atoms with Gasteiger partial charge in [-0.1, -0.05) is 54.6 Å². The fourth-order valence-corrected chi connectivity index (χ4v) is 2.82. The van der Waals surface area contributed by atoms with Gasteiger partial charge in [0.05, 0.1) is 11.2 Å². The van der Waals surface area contributed by atoms with Crippen molar-refractivity contribution < 1.29 is 9.90 Å². The van der Waals surface area contributed by atoms with Gasteiger partial charge in [0.25, 0.3) is 5.97 Å². The highest BCUT2D eigenvalue weighted by Gasteiger charge is 2.14. The SMILES string of the molecule is CC(=O)O.N=C(c1ccccc1)c1cn(-c2ccccn2)c2ccccc12. The molecule has 5 nitrogen and oxygen atoms in total. The van der Waals surface area contributed by atoms with Crippen molar-refractivity contribution in [2.24, 2.45) is 0 Å². The number of fused-ring (bicyclic) bond motifs is 1. The van der Waals surface area contributed by atoms with E-state index in [2.05, 4.69) is 17.1 Å². The van der Waals surface area contributed by atoms with Crippen LogP contribution in [0, 0.1) is 5.41 Å². The van der Waals surface area contributed by atoms with Crippen LogP contribution in [0.3, 0.4) is 0 Å². The maximum Gasteiger partial charge on any atom is 0.300 e. The van der Waals surface area contributed by atoms with E-state index in [9.17, 15) is 0 Å². The molecule has 2 aromatic heterocycles. The van der Waals surface area contributed by atoms with Crippen molar-refractivity contribution in [1.82, 2.24) is 9.55 Å². The topological polar surface area (TPSA) is 79.0 Å². The van der Waals surface area contributed by atoms with E-state index in [1.807, 2.05) is 71.4 Å². The molecule has 2 aromatic carbocycles. The number of carboxylic acid groups (broad SMARTS) is 1. The Morgan fingerprint density at radius 3 is 2.26 bits per heavy atom. The van der Waals surface area contributed by atoms with Crippen molar-refractivity contribution in [1.29, 1.82) is 5.41 Å². The maximum atomic E-state index is 9.00. The molecule has 0 bridgehead atoms. The third kappa shape index (κ3) is 4.10. The highest BCUT2D eigenvalue weighted by Crippen LogP contribution is 2.26. The Morgan fingerprint density at radius 1 is 0.963 bits per heavy atom. The Balaban J connectivity index is 0.000000481. The molecule has 134 valence electrons. The van der Waals surface area contributed by atoms with Crippen molar-refractivity contribution in [3.63, 3.8) is 0 Å². The second kappa shape index (κ2) is 8.10. The zero-order chi connectivity index (χ0) is 19.2. The smallest absolute Gasteiger partial charge is 0.300 e. The van der Waals surface area contributed by atoms with Crippen molar-refractivity contribution in [3.05, 3.63) is 96.3 Å². The molecule has 0 spiro atoms. The van der Waals surface area contributed by atoms with Crippen LogP contribution in [-0.2, 0) is 4.79 Å². The molecule has 0 saturated carbocycles. The molecule has 0 atom stereocenters. The van der Waals surface area contributed by atoms with Gasteiger partial charge in [-0.25, -0.2) is 4.98 Å². The summed E-state index contributed by atoms with van der Waals surface area (Å²) < 4.78 is 2.04. The van der Waals surface area contributed by atoms with E-state index in [0.717, 1.165) is 34.8 Å². The molecule has 0 aliphatic heterocycles. The van der Waals surface area contributed by atoms with Gasteiger partial charge in [0, 0.05) is 35.8 Å². The molecule has 0 fully saturated rings. The van der Waals surface area contributed by atoms with Crippen molar-refractivity contribution in [2.45, 2.75) is 6.92 Å². The number of hydrogen-bond donors (Lipinski definition) is 2. The predicted octanol–water partition coefficient (Wildman–Crippen LogP) is 4.53. The number of benzene rings is 2. The number of carboxylic acids is 1. The van der Waals surface area contributed by atoms with Gasteiger partial charge in [0.1, 0.15) is 5.82 Å². The predicted molar refractivity (Wildman–Crippen MR) is 107 cm³/mol. The Bertz CT molecular complexity index is 1070. The van der Waals surface area contributed by atoms with Gasteiger partial charge in [0.15, 0.2) is 0 Å². The monoisotopic (exact) mass is 357 g/mol. The number of pyridine rings is 1. The van der Waals surface area contributed by atoms with Gasteiger partial charge in [-0.3, -0.25) is 10.2 Å². The molecule has 2 heterocycles. The van der Waals surface area contributed by atoms with Crippen LogP contribution in [0.1, 0.15) is 18.1 Å². The summed E-state index contributed by atoms with van der Waals surface area (Å²) in [6.45, 7) is 1.08. The number of aliphatic carboxylic acids is 1. The largest absolute Gasteiger partial charge is 0.481 e. The van der Waals surface area contributed by atoms with Crippen LogP contribution >= 0.6 is 0 Å². The third-order valence-electron chi connectivity index (χ3n) is 3.94. The first-order valence-electron chi connectivity index (χ1n) is 8.43. The van der Waals surface area contributed by atoms with Crippen LogP contribution in [0.2, 0.25) is 0 Å². The van der Waals surface area contributed by atoms with Gasteiger partial charge in [-0.15, -0.1) is 0 Å². The second-order valence-electron chi connectivity index (χ2n) is 5.88. The van der Waals surface area contributed by atoms with Gasteiger partial charge in [-0.2, -0.15) is 0 Å². The Kier molecular flexibility index (Phi) is 5.42. The molecule has 0 radical (unpaired) electrons. The summed E-state index contributed by atoms with van der Waals surface area (Å²) in [5, 5.41) is 17.1. The maximum absolute atomic E-state index is 9.00. The Labute approximate surface area is 157 Å². The number of carbonyl (C=O) groups is 1. The van der Waals surface area contributed by atoms with E-state index >= 15 is 0 Å². The average molecular weight is 357 g/mol. The fourth-order valence-electron chi connectivity index (χ4n) is 2.82. The molecule has 4 aromatic rings. The van der Waals surface area contributed by atoms with Crippen LogP contribution in [-0.4, -0.2) is 26.3 Å². The lowest BCUT2D eigenvalue weighted by Crippen LogP contribution is -2.00. The first-order chi connectivity index (χ1) is 13.1. The van der Waals surface area contributed by atoms with Gasteiger partial charge in [0.2, 0.25) is 0 Å². The summed E-state index contributed by atoms with van der Waals surface area (Å²) >= 11 is 0. The fraction of sp³-hybridized carbons (Fsp3) is 0.0455. The minimum atomic E-state index is -0.833. The summed E-state index contributed by atoms with van der Waals surface area (Å²) in [6.07, 6.45) is 3.79. The molecule has 0 unspecified atom stereocenters. The van der Waals surface area contributed by atoms with Gasteiger partial charge < -0.3 is 9.67 Å².